The molecule has 4 nitrogen and oxygen atoms in total. The number of hydrogen-bond acceptors (Lipinski definition) is 3. The largest absolute Gasteiger partial charge is 0.351 e. The van der Waals surface area contributed by atoms with Gasteiger partial charge in [0.1, 0.15) is 11.5 Å². The summed E-state index contributed by atoms with van der Waals surface area (Å²) in [6, 6.07) is 15.5. The molecule has 1 aromatic heterocycles. The van der Waals surface area contributed by atoms with Crippen LogP contribution < -0.4 is 10.9 Å². The predicted octanol–water partition coefficient (Wildman–Crippen LogP) is 4.47. The molecule has 0 bridgehead atoms. The number of rotatable bonds is 4. The fraction of sp³-hybridized carbons (Fsp3) is 0.111. The van der Waals surface area contributed by atoms with Crippen molar-refractivity contribution in [3.8, 4) is 11.3 Å². The fourth-order valence-corrected chi connectivity index (χ4v) is 2.51. The van der Waals surface area contributed by atoms with Crippen LogP contribution in [0.1, 0.15) is 6.92 Å². The number of aryl methyl sites for hydroxylation is 1. The summed E-state index contributed by atoms with van der Waals surface area (Å²) in [5.41, 5.74) is 2.21. The van der Waals surface area contributed by atoms with Crippen molar-refractivity contribution in [2.75, 3.05) is 5.32 Å². The lowest BCUT2D eigenvalue weighted by Gasteiger charge is -2.11. The Morgan fingerprint density at radius 3 is 2.58 bits per heavy atom. The van der Waals surface area contributed by atoms with Gasteiger partial charge in [0, 0.05) is 17.8 Å². The standard InChI is InChI=1S/C18H15ClFN3O/c1-2-23-18(24)17(21-13-8-9-15(20)14(19)10-13)11-16(22-23)12-6-4-3-5-7-12/h3-11,21H,2H2,1H3. The van der Waals surface area contributed by atoms with Gasteiger partial charge in [-0.1, -0.05) is 41.9 Å². The van der Waals surface area contributed by atoms with Crippen LogP contribution in [0.4, 0.5) is 15.8 Å². The summed E-state index contributed by atoms with van der Waals surface area (Å²) in [6.07, 6.45) is 0. The van der Waals surface area contributed by atoms with E-state index in [0.717, 1.165) is 5.56 Å². The van der Waals surface area contributed by atoms with Gasteiger partial charge in [-0.2, -0.15) is 5.10 Å². The second-order valence-electron chi connectivity index (χ2n) is 5.18. The molecule has 122 valence electrons. The Morgan fingerprint density at radius 2 is 1.92 bits per heavy atom. The number of nitrogens with one attached hydrogen (secondary N) is 1. The van der Waals surface area contributed by atoms with E-state index < -0.39 is 5.82 Å². The van der Waals surface area contributed by atoms with Crippen molar-refractivity contribution in [2.24, 2.45) is 0 Å². The molecule has 0 fully saturated rings. The van der Waals surface area contributed by atoms with Gasteiger partial charge in [-0.25, -0.2) is 9.07 Å². The zero-order valence-electron chi connectivity index (χ0n) is 13.0. The highest BCUT2D eigenvalue weighted by Crippen LogP contribution is 2.23. The molecule has 24 heavy (non-hydrogen) atoms. The fourth-order valence-electron chi connectivity index (χ4n) is 2.33. The molecule has 0 aliphatic carbocycles. The van der Waals surface area contributed by atoms with E-state index in [1.54, 1.807) is 6.07 Å². The summed E-state index contributed by atoms with van der Waals surface area (Å²) in [5, 5.41) is 7.37. The molecule has 0 saturated heterocycles. The molecule has 6 heteroatoms. The van der Waals surface area contributed by atoms with Gasteiger partial charge < -0.3 is 5.32 Å². The average Bonchev–Trinajstić information content (AvgIpc) is 2.60. The molecular weight excluding hydrogens is 329 g/mol. The Labute approximate surface area is 143 Å². The highest BCUT2D eigenvalue weighted by atomic mass is 35.5. The van der Waals surface area contributed by atoms with Crippen LogP contribution in [0, 0.1) is 5.82 Å². The van der Waals surface area contributed by atoms with E-state index in [4.69, 9.17) is 11.6 Å². The molecule has 3 aromatic rings. The van der Waals surface area contributed by atoms with E-state index in [-0.39, 0.29) is 10.6 Å². The maximum atomic E-state index is 13.3. The van der Waals surface area contributed by atoms with Gasteiger partial charge in [-0.05, 0) is 31.2 Å². The molecule has 0 radical (unpaired) electrons. The molecule has 1 heterocycles. The van der Waals surface area contributed by atoms with Crippen molar-refractivity contribution in [3.05, 3.63) is 75.8 Å². The monoisotopic (exact) mass is 343 g/mol. The number of benzene rings is 2. The number of halogens is 2. The molecular formula is C18H15ClFN3O. The van der Waals surface area contributed by atoms with Crippen molar-refractivity contribution < 1.29 is 4.39 Å². The van der Waals surface area contributed by atoms with Crippen LogP contribution in [0.3, 0.4) is 0 Å². The molecule has 0 saturated carbocycles. The minimum atomic E-state index is -0.507. The third kappa shape index (κ3) is 3.31. The number of hydrogen-bond donors (Lipinski definition) is 1. The topological polar surface area (TPSA) is 46.9 Å². The Morgan fingerprint density at radius 1 is 1.17 bits per heavy atom. The molecule has 0 spiro atoms. The molecule has 0 atom stereocenters. The van der Waals surface area contributed by atoms with Crippen LogP contribution in [0.2, 0.25) is 5.02 Å². The van der Waals surface area contributed by atoms with Gasteiger partial charge in [0.05, 0.1) is 10.7 Å². The van der Waals surface area contributed by atoms with Crippen LogP contribution >= 0.6 is 11.6 Å². The Balaban J connectivity index is 2.06. The van der Waals surface area contributed by atoms with Gasteiger partial charge in [-0.3, -0.25) is 4.79 Å². The molecule has 0 aliphatic rings. The van der Waals surface area contributed by atoms with Crippen LogP contribution in [0.5, 0.6) is 0 Å². The van der Waals surface area contributed by atoms with E-state index in [1.165, 1.54) is 22.9 Å². The Bertz CT molecular complexity index is 925. The summed E-state index contributed by atoms with van der Waals surface area (Å²) in [4.78, 5) is 12.5. The lowest BCUT2D eigenvalue weighted by atomic mass is 10.1. The molecule has 3 rings (SSSR count). The first-order valence-corrected chi connectivity index (χ1v) is 7.86. The van der Waals surface area contributed by atoms with Crippen molar-refractivity contribution in [2.45, 2.75) is 13.5 Å². The van der Waals surface area contributed by atoms with E-state index in [2.05, 4.69) is 10.4 Å². The average molecular weight is 344 g/mol. The summed E-state index contributed by atoms with van der Waals surface area (Å²) in [7, 11) is 0. The van der Waals surface area contributed by atoms with Crippen molar-refractivity contribution in [1.29, 1.82) is 0 Å². The van der Waals surface area contributed by atoms with Crippen molar-refractivity contribution in [1.82, 2.24) is 9.78 Å². The van der Waals surface area contributed by atoms with Gasteiger partial charge >= 0.3 is 0 Å². The first-order valence-electron chi connectivity index (χ1n) is 7.48. The highest BCUT2D eigenvalue weighted by Gasteiger charge is 2.10. The van der Waals surface area contributed by atoms with Crippen LogP contribution in [-0.4, -0.2) is 9.78 Å². The number of anilines is 2. The first kappa shape index (κ1) is 16.2. The smallest absolute Gasteiger partial charge is 0.290 e. The molecule has 1 N–H and O–H groups in total. The van der Waals surface area contributed by atoms with Crippen LogP contribution in [0.15, 0.2) is 59.4 Å². The minimum absolute atomic E-state index is 0.00634. The maximum Gasteiger partial charge on any atom is 0.290 e. The number of aromatic nitrogens is 2. The first-order chi connectivity index (χ1) is 11.6. The second-order valence-corrected chi connectivity index (χ2v) is 5.59. The minimum Gasteiger partial charge on any atom is -0.351 e. The van der Waals surface area contributed by atoms with Crippen LogP contribution in [0.25, 0.3) is 11.3 Å². The van der Waals surface area contributed by atoms with Gasteiger partial charge in [-0.15, -0.1) is 0 Å². The zero-order chi connectivity index (χ0) is 17.1. The quantitative estimate of drug-likeness (QED) is 0.760. The molecule has 0 amide bonds. The van der Waals surface area contributed by atoms with Gasteiger partial charge in [0.25, 0.3) is 5.56 Å². The predicted molar refractivity (Wildman–Crippen MR) is 94.3 cm³/mol. The van der Waals surface area contributed by atoms with E-state index in [0.29, 0.717) is 23.6 Å². The maximum absolute atomic E-state index is 13.3. The van der Waals surface area contributed by atoms with E-state index in [1.807, 2.05) is 37.3 Å². The van der Waals surface area contributed by atoms with E-state index >= 15 is 0 Å². The summed E-state index contributed by atoms with van der Waals surface area (Å²) in [6.45, 7) is 2.29. The third-order valence-corrected chi connectivity index (χ3v) is 3.83. The van der Waals surface area contributed by atoms with Crippen molar-refractivity contribution >= 4 is 23.0 Å². The normalized spacial score (nSPS) is 10.6. The zero-order valence-corrected chi connectivity index (χ0v) is 13.7. The Hall–Kier alpha value is -2.66. The van der Waals surface area contributed by atoms with E-state index in [9.17, 15) is 9.18 Å². The third-order valence-electron chi connectivity index (χ3n) is 3.54. The van der Waals surface area contributed by atoms with Gasteiger partial charge in [0.15, 0.2) is 0 Å². The second kappa shape index (κ2) is 6.84. The Kier molecular flexibility index (Phi) is 4.62. The highest BCUT2D eigenvalue weighted by molar-refractivity contribution is 6.31. The molecule has 0 aliphatic heterocycles. The lowest BCUT2D eigenvalue weighted by Crippen LogP contribution is -2.24. The molecule has 0 unspecified atom stereocenters. The lowest BCUT2D eigenvalue weighted by molar-refractivity contribution is 0.621. The van der Waals surface area contributed by atoms with Gasteiger partial charge in [0.2, 0.25) is 0 Å². The summed E-state index contributed by atoms with van der Waals surface area (Å²) >= 11 is 5.79. The SMILES string of the molecule is CCn1nc(-c2ccccc2)cc(Nc2ccc(F)c(Cl)c2)c1=O. The molecule has 2 aromatic carbocycles. The van der Waals surface area contributed by atoms with Crippen molar-refractivity contribution in [3.63, 3.8) is 0 Å². The summed E-state index contributed by atoms with van der Waals surface area (Å²) < 4.78 is 14.7. The summed E-state index contributed by atoms with van der Waals surface area (Å²) in [5.74, 6) is -0.507. The number of nitrogens with zero attached hydrogens (tertiary/aromatic N) is 2. The van der Waals surface area contributed by atoms with Crippen LogP contribution in [-0.2, 0) is 6.54 Å².